The lowest BCUT2D eigenvalue weighted by atomic mass is 9.85. The van der Waals surface area contributed by atoms with Crippen LogP contribution in [0.3, 0.4) is 0 Å². The van der Waals surface area contributed by atoms with Crippen molar-refractivity contribution in [3.05, 3.63) is 35.4 Å². The maximum atomic E-state index is 12.6. The van der Waals surface area contributed by atoms with E-state index in [0.29, 0.717) is 11.1 Å². The first-order chi connectivity index (χ1) is 9.93. The molecule has 0 radical (unpaired) electrons. The van der Waals surface area contributed by atoms with E-state index in [1.165, 1.54) is 6.92 Å². The number of carbonyl (C=O) groups is 4. The molecule has 1 saturated heterocycles. The average molecular weight is 286 g/mol. The molecule has 1 atom stereocenters. The smallest absolute Gasteiger partial charge is 0.261 e. The Hall–Kier alpha value is -2.50. The Morgan fingerprint density at radius 1 is 1.14 bits per heavy atom. The van der Waals surface area contributed by atoms with Crippen LogP contribution >= 0.6 is 0 Å². The maximum absolute atomic E-state index is 12.6. The molecular formula is C15H14N2O4. The van der Waals surface area contributed by atoms with E-state index in [1.807, 2.05) is 0 Å². The molecule has 1 fully saturated rings. The Morgan fingerprint density at radius 2 is 1.86 bits per heavy atom. The van der Waals surface area contributed by atoms with Gasteiger partial charge >= 0.3 is 0 Å². The third-order valence-electron chi connectivity index (χ3n) is 4.12. The zero-order valence-corrected chi connectivity index (χ0v) is 11.5. The summed E-state index contributed by atoms with van der Waals surface area (Å²) >= 11 is 0. The maximum Gasteiger partial charge on any atom is 0.261 e. The van der Waals surface area contributed by atoms with Crippen molar-refractivity contribution in [3.63, 3.8) is 0 Å². The number of hydrogen-bond acceptors (Lipinski definition) is 4. The van der Waals surface area contributed by atoms with Crippen LogP contribution in [0.15, 0.2) is 24.3 Å². The standard InChI is InChI=1S/C15H14N2O4/c1-15(7-6-11(18)16-14(15)21)17-12(19)8-9-4-2-3-5-10(9)13(17)20/h2-5H,6-8H2,1H3,(H,16,18,21)/t15-/m1/s1. The average Bonchev–Trinajstić information content (AvgIpc) is 2.44. The molecule has 6 heteroatoms. The van der Waals surface area contributed by atoms with Crippen LogP contribution in [0.2, 0.25) is 0 Å². The normalized spacial score (nSPS) is 25.7. The lowest BCUT2D eigenvalue weighted by Crippen LogP contribution is -2.65. The molecular weight excluding hydrogens is 272 g/mol. The van der Waals surface area contributed by atoms with Crippen LogP contribution in [0.25, 0.3) is 0 Å². The first-order valence-electron chi connectivity index (χ1n) is 6.73. The van der Waals surface area contributed by atoms with E-state index < -0.39 is 23.3 Å². The highest BCUT2D eigenvalue weighted by atomic mass is 16.2. The van der Waals surface area contributed by atoms with Crippen LogP contribution in [0.4, 0.5) is 0 Å². The van der Waals surface area contributed by atoms with Gasteiger partial charge in [0.1, 0.15) is 5.54 Å². The molecule has 0 spiro atoms. The van der Waals surface area contributed by atoms with E-state index >= 15 is 0 Å². The minimum Gasteiger partial charge on any atom is -0.294 e. The summed E-state index contributed by atoms with van der Waals surface area (Å²) in [6.45, 7) is 1.53. The molecule has 0 saturated carbocycles. The zero-order valence-electron chi connectivity index (χ0n) is 11.5. The van der Waals surface area contributed by atoms with Crippen molar-refractivity contribution in [2.75, 3.05) is 0 Å². The highest BCUT2D eigenvalue weighted by molar-refractivity contribution is 6.15. The van der Waals surface area contributed by atoms with Gasteiger partial charge in [-0.25, -0.2) is 0 Å². The van der Waals surface area contributed by atoms with Crippen molar-refractivity contribution in [2.24, 2.45) is 0 Å². The molecule has 0 aliphatic carbocycles. The summed E-state index contributed by atoms with van der Waals surface area (Å²) in [4.78, 5) is 49.4. The number of amides is 4. The summed E-state index contributed by atoms with van der Waals surface area (Å²) in [6.07, 6.45) is 0.344. The SMILES string of the molecule is C[C@@]1(N2C(=O)Cc3ccccc3C2=O)CCC(=O)NC1=O. The Balaban J connectivity index is 2.03. The number of rotatable bonds is 1. The van der Waals surface area contributed by atoms with Crippen molar-refractivity contribution in [1.82, 2.24) is 10.2 Å². The Bertz CT molecular complexity index is 682. The predicted molar refractivity (Wildman–Crippen MR) is 72.1 cm³/mol. The van der Waals surface area contributed by atoms with Gasteiger partial charge in [-0.2, -0.15) is 0 Å². The monoisotopic (exact) mass is 286 g/mol. The van der Waals surface area contributed by atoms with E-state index in [0.717, 1.165) is 4.90 Å². The molecule has 0 aromatic heterocycles. The van der Waals surface area contributed by atoms with E-state index in [-0.39, 0.29) is 25.2 Å². The molecule has 0 unspecified atom stereocenters. The molecule has 2 aliphatic rings. The molecule has 4 amide bonds. The van der Waals surface area contributed by atoms with Gasteiger partial charge in [0.15, 0.2) is 0 Å². The summed E-state index contributed by atoms with van der Waals surface area (Å²) in [6, 6.07) is 6.86. The fourth-order valence-corrected chi connectivity index (χ4v) is 2.87. The minimum absolute atomic E-state index is 0.0821. The van der Waals surface area contributed by atoms with E-state index in [2.05, 4.69) is 5.32 Å². The fourth-order valence-electron chi connectivity index (χ4n) is 2.87. The van der Waals surface area contributed by atoms with Gasteiger partial charge in [-0.1, -0.05) is 18.2 Å². The van der Waals surface area contributed by atoms with Gasteiger partial charge < -0.3 is 0 Å². The first-order valence-corrected chi connectivity index (χ1v) is 6.73. The van der Waals surface area contributed by atoms with Crippen LogP contribution < -0.4 is 5.32 Å². The molecule has 1 aromatic rings. The summed E-state index contributed by atoms with van der Waals surface area (Å²) in [7, 11) is 0. The second kappa shape index (κ2) is 4.51. The Morgan fingerprint density at radius 3 is 2.57 bits per heavy atom. The third-order valence-corrected chi connectivity index (χ3v) is 4.12. The highest BCUT2D eigenvalue weighted by Gasteiger charge is 2.50. The predicted octanol–water partition coefficient (Wildman–Crippen LogP) is 0.407. The number of piperidine rings is 1. The molecule has 1 aromatic carbocycles. The summed E-state index contributed by atoms with van der Waals surface area (Å²) < 4.78 is 0. The van der Waals surface area contributed by atoms with Crippen molar-refractivity contribution >= 4 is 23.6 Å². The largest absolute Gasteiger partial charge is 0.294 e. The number of nitrogens with one attached hydrogen (secondary N) is 1. The number of carbonyl (C=O) groups excluding carboxylic acids is 4. The van der Waals surface area contributed by atoms with Crippen molar-refractivity contribution < 1.29 is 19.2 Å². The van der Waals surface area contributed by atoms with Gasteiger partial charge in [0.2, 0.25) is 11.8 Å². The highest BCUT2D eigenvalue weighted by Crippen LogP contribution is 2.31. The topological polar surface area (TPSA) is 83.6 Å². The lowest BCUT2D eigenvalue weighted by Gasteiger charge is -2.42. The van der Waals surface area contributed by atoms with Gasteiger partial charge in [-0.05, 0) is 25.0 Å². The number of nitrogens with zero attached hydrogens (tertiary/aromatic N) is 1. The molecule has 1 N–H and O–H groups in total. The van der Waals surface area contributed by atoms with Crippen LogP contribution in [0, 0.1) is 0 Å². The number of hydrogen-bond donors (Lipinski definition) is 1. The van der Waals surface area contributed by atoms with Crippen molar-refractivity contribution in [2.45, 2.75) is 31.7 Å². The summed E-state index contributed by atoms with van der Waals surface area (Å²) in [5.41, 5.74) is -0.210. The van der Waals surface area contributed by atoms with E-state index in [9.17, 15) is 19.2 Å². The zero-order chi connectivity index (χ0) is 15.2. The lowest BCUT2D eigenvalue weighted by molar-refractivity contribution is -0.149. The van der Waals surface area contributed by atoms with Crippen LogP contribution in [0.5, 0.6) is 0 Å². The molecule has 21 heavy (non-hydrogen) atoms. The Labute approximate surface area is 121 Å². The van der Waals surface area contributed by atoms with Crippen molar-refractivity contribution in [1.29, 1.82) is 0 Å². The van der Waals surface area contributed by atoms with Gasteiger partial charge in [-0.3, -0.25) is 29.4 Å². The Kier molecular flexibility index (Phi) is 2.90. The fraction of sp³-hybridized carbons (Fsp3) is 0.333. The number of imide groups is 2. The third kappa shape index (κ3) is 1.94. The summed E-state index contributed by atoms with van der Waals surface area (Å²) in [5, 5.41) is 2.21. The van der Waals surface area contributed by atoms with Crippen molar-refractivity contribution in [3.8, 4) is 0 Å². The molecule has 6 nitrogen and oxygen atoms in total. The van der Waals surface area contributed by atoms with E-state index in [4.69, 9.17) is 0 Å². The van der Waals surface area contributed by atoms with Crippen LogP contribution in [-0.2, 0) is 20.8 Å². The molecule has 3 rings (SSSR count). The first kappa shape index (κ1) is 13.5. The second-order valence-electron chi connectivity index (χ2n) is 5.52. The van der Waals surface area contributed by atoms with Gasteiger partial charge in [0.25, 0.3) is 11.8 Å². The van der Waals surface area contributed by atoms with Crippen LogP contribution in [0.1, 0.15) is 35.7 Å². The molecule has 2 aliphatic heterocycles. The second-order valence-corrected chi connectivity index (χ2v) is 5.52. The van der Waals surface area contributed by atoms with Crippen LogP contribution in [-0.4, -0.2) is 34.1 Å². The molecule has 0 bridgehead atoms. The molecule has 2 heterocycles. The summed E-state index contributed by atoms with van der Waals surface area (Å²) in [5.74, 6) is -1.87. The van der Waals surface area contributed by atoms with Gasteiger partial charge in [0, 0.05) is 12.0 Å². The van der Waals surface area contributed by atoms with E-state index in [1.54, 1.807) is 24.3 Å². The van der Waals surface area contributed by atoms with Gasteiger partial charge in [-0.15, -0.1) is 0 Å². The quantitative estimate of drug-likeness (QED) is 0.758. The van der Waals surface area contributed by atoms with Gasteiger partial charge in [0.05, 0.1) is 6.42 Å². The minimum atomic E-state index is -1.31. The molecule has 108 valence electrons. The number of fused-ring (bicyclic) bond motifs is 1. The number of benzene rings is 1.